The number of hydrogen-bond acceptors (Lipinski definition) is 3. The molecule has 1 heterocycles. The largest absolute Gasteiger partial charge is 0.416 e. The van der Waals surface area contributed by atoms with Gasteiger partial charge in [0.05, 0.1) is 10.5 Å². The summed E-state index contributed by atoms with van der Waals surface area (Å²) in [6, 6.07) is 15.3. The first-order valence-electron chi connectivity index (χ1n) is 10.4. The van der Waals surface area contributed by atoms with Crippen LogP contribution in [0.4, 0.5) is 23.2 Å². The molecule has 174 valence electrons. The van der Waals surface area contributed by atoms with Crippen LogP contribution in [0.3, 0.4) is 0 Å². The van der Waals surface area contributed by atoms with Gasteiger partial charge in [-0.1, -0.05) is 18.2 Å². The second-order valence-electron chi connectivity index (χ2n) is 8.01. The van der Waals surface area contributed by atoms with Gasteiger partial charge < -0.3 is 0 Å². The van der Waals surface area contributed by atoms with Gasteiger partial charge in [-0.15, -0.1) is 0 Å². The number of rotatable bonds is 6. The van der Waals surface area contributed by atoms with Gasteiger partial charge in [0.2, 0.25) is 0 Å². The Hall–Kier alpha value is -2.91. The molecule has 0 aromatic heterocycles. The molecule has 0 radical (unpaired) electrons. The highest BCUT2D eigenvalue weighted by Gasteiger charge is 2.30. The molecule has 0 atom stereocenters. The Morgan fingerprint density at radius 2 is 1.61 bits per heavy atom. The molecule has 0 aliphatic carbocycles. The Kier molecular flexibility index (Phi) is 6.45. The summed E-state index contributed by atoms with van der Waals surface area (Å²) in [6.45, 7) is 2.06. The molecule has 0 saturated heterocycles. The van der Waals surface area contributed by atoms with E-state index in [1.807, 2.05) is 0 Å². The van der Waals surface area contributed by atoms with E-state index >= 15 is 0 Å². The van der Waals surface area contributed by atoms with Crippen molar-refractivity contribution in [3.8, 4) is 0 Å². The summed E-state index contributed by atoms with van der Waals surface area (Å²) in [7, 11) is -3.80. The molecule has 33 heavy (non-hydrogen) atoms. The summed E-state index contributed by atoms with van der Waals surface area (Å²) in [5.41, 5.74) is 2.43. The first-order chi connectivity index (χ1) is 15.6. The Morgan fingerprint density at radius 3 is 2.27 bits per heavy atom. The highest BCUT2D eigenvalue weighted by atomic mass is 32.2. The summed E-state index contributed by atoms with van der Waals surface area (Å²) < 4.78 is 79.0. The Morgan fingerprint density at radius 1 is 0.909 bits per heavy atom. The predicted molar refractivity (Wildman–Crippen MR) is 118 cm³/mol. The number of benzene rings is 3. The fourth-order valence-corrected chi connectivity index (χ4v) is 4.93. The van der Waals surface area contributed by atoms with E-state index in [-0.39, 0.29) is 10.6 Å². The minimum Gasteiger partial charge on any atom is -0.298 e. The van der Waals surface area contributed by atoms with Gasteiger partial charge in [-0.25, -0.2) is 12.8 Å². The Balaban J connectivity index is 1.38. The lowest BCUT2D eigenvalue weighted by Crippen LogP contribution is -2.32. The quantitative estimate of drug-likeness (QED) is 0.493. The molecule has 9 heteroatoms. The monoisotopic (exact) mass is 478 g/mol. The van der Waals surface area contributed by atoms with Crippen LogP contribution >= 0.6 is 0 Å². The van der Waals surface area contributed by atoms with Crippen molar-refractivity contribution in [2.75, 3.05) is 17.8 Å². The molecule has 1 N–H and O–H groups in total. The molecule has 1 aliphatic heterocycles. The standard InChI is InChI=1S/C24H22F4N2O2S/c25-21-6-8-22(9-7-21)29-33(31,32)23-10-3-19-16-30(14-12-18(19)15-23)13-11-17-1-4-20(5-2-17)24(26,27)28/h1-10,15,29H,11-14,16H2. The number of alkyl halides is 3. The molecule has 3 aromatic carbocycles. The van der Waals surface area contributed by atoms with Gasteiger partial charge in [0, 0.05) is 25.3 Å². The fraction of sp³-hybridized carbons (Fsp3) is 0.250. The lowest BCUT2D eigenvalue weighted by atomic mass is 9.99. The number of sulfonamides is 1. The number of anilines is 1. The zero-order valence-corrected chi connectivity index (χ0v) is 18.4. The normalized spacial score (nSPS) is 14.7. The van der Waals surface area contributed by atoms with Crippen LogP contribution in [-0.2, 0) is 35.6 Å². The van der Waals surface area contributed by atoms with Crippen molar-refractivity contribution in [2.24, 2.45) is 0 Å². The summed E-state index contributed by atoms with van der Waals surface area (Å²) in [4.78, 5) is 2.34. The van der Waals surface area contributed by atoms with E-state index in [2.05, 4.69) is 9.62 Å². The van der Waals surface area contributed by atoms with Crippen molar-refractivity contribution in [2.45, 2.75) is 30.5 Å². The zero-order chi connectivity index (χ0) is 23.6. The number of nitrogens with one attached hydrogen (secondary N) is 1. The molecule has 0 saturated carbocycles. The zero-order valence-electron chi connectivity index (χ0n) is 17.6. The molecule has 4 nitrogen and oxygen atoms in total. The van der Waals surface area contributed by atoms with Crippen molar-refractivity contribution in [3.63, 3.8) is 0 Å². The first kappa shape index (κ1) is 23.3. The van der Waals surface area contributed by atoms with Crippen molar-refractivity contribution >= 4 is 15.7 Å². The van der Waals surface area contributed by atoms with E-state index in [1.54, 1.807) is 18.2 Å². The van der Waals surface area contributed by atoms with Crippen molar-refractivity contribution in [3.05, 3.63) is 94.8 Å². The highest BCUT2D eigenvalue weighted by molar-refractivity contribution is 7.92. The first-order valence-corrected chi connectivity index (χ1v) is 11.9. The smallest absolute Gasteiger partial charge is 0.298 e. The summed E-state index contributed by atoms with van der Waals surface area (Å²) in [5.74, 6) is -0.449. The van der Waals surface area contributed by atoms with E-state index in [0.717, 1.165) is 35.4 Å². The van der Waals surface area contributed by atoms with Gasteiger partial charge in [-0.2, -0.15) is 13.2 Å². The third-order valence-corrected chi connectivity index (χ3v) is 7.05. The second-order valence-corrected chi connectivity index (χ2v) is 9.70. The lowest BCUT2D eigenvalue weighted by molar-refractivity contribution is -0.137. The number of halogens is 4. The lowest BCUT2D eigenvalue weighted by Gasteiger charge is -2.29. The van der Waals surface area contributed by atoms with E-state index in [9.17, 15) is 26.0 Å². The molecule has 3 aromatic rings. The fourth-order valence-electron chi connectivity index (χ4n) is 3.83. The third kappa shape index (κ3) is 5.72. The second kappa shape index (κ2) is 9.15. The molecule has 0 unspecified atom stereocenters. The van der Waals surface area contributed by atoms with Crippen LogP contribution < -0.4 is 4.72 Å². The molecule has 0 fully saturated rings. The molecular formula is C24H22F4N2O2S. The molecular weight excluding hydrogens is 456 g/mol. The van der Waals surface area contributed by atoms with Crippen LogP contribution in [0.1, 0.15) is 22.3 Å². The summed E-state index contributed by atoms with van der Waals surface area (Å²) >= 11 is 0. The minimum absolute atomic E-state index is 0.142. The van der Waals surface area contributed by atoms with Gasteiger partial charge in [0.25, 0.3) is 10.0 Å². The maximum Gasteiger partial charge on any atom is 0.416 e. The average Bonchev–Trinajstić information content (AvgIpc) is 2.78. The summed E-state index contributed by atoms with van der Waals surface area (Å²) in [5, 5.41) is 0. The average molecular weight is 479 g/mol. The van der Waals surface area contributed by atoms with Gasteiger partial charge in [0.15, 0.2) is 0 Å². The van der Waals surface area contributed by atoms with Gasteiger partial charge in [0.1, 0.15) is 5.82 Å². The highest BCUT2D eigenvalue weighted by Crippen LogP contribution is 2.29. The topological polar surface area (TPSA) is 49.4 Å². The van der Waals surface area contributed by atoms with Crippen LogP contribution in [-0.4, -0.2) is 26.4 Å². The molecule has 1 aliphatic rings. The number of fused-ring (bicyclic) bond motifs is 1. The Bertz CT molecular complexity index is 1220. The van der Waals surface area contributed by atoms with E-state index in [1.165, 1.54) is 36.4 Å². The summed E-state index contributed by atoms with van der Waals surface area (Å²) in [6.07, 6.45) is -3.04. The Labute approximate surface area is 189 Å². The van der Waals surface area contributed by atoms with Gasteiger partial charge in [-0.05, 0) is 78.1 Å². The molecule has 0 bridgehead atoms. The maximum absolute atomic E-state index is 13.1. The SMILES string of the molecule is O=S(=O)(Nc1ccc(F)cc1)c1ccc2c(c1)CCN(CCc1ccc(C(F)(F)F)cc1)C2. The van der Waals surface area contributed by atoms with Gasteiger partial charge >= 0.3 is 6.18 Å². The van der Waals surface area contributed by atoms with Crippen LogP contribution in [0.5, 0.6) is 0 Å². The number of nitrogens with zero attached hydrogens (tertiary/aromatic N) is 1. The van der Waals surface area contributed by atoms with Crippen molar-refractivity contribution < 1.29 is 26.0 Å². The van der Waals surface area contributed by atoms with Crippen LogP contribution in [0, 0.1) is 5.82 Å². The van der Waals surface area contributed by atoms with Crippen LogP contribution in [0.25, 0.3) is 0 Å². The molecule has 0 spiro atoms. The third-order valence-electron chi connectivity index (χ3n) is 5.67. The van der Waals surface area contributed by atoms with E-state index < -0.39 is 27.6 Å². The van der Waals surface area contributed by atoms with Crippen molar-refractivity contribution in [1.82, 2.24) is 4.90 Å². The van der Waals surface area contributed by atoms with Crippen LogP contribution in [0.2, 0.25) is 0 Å². The molecule has 4 rings (SSSR count). The predicted octanol–water partition coefficient (Wildman–Crippen LogP) is 5.25. The van der Waals surface area contributed by atoms with Crippen LogP contribution in [0.15, 0.2) is 71.6 Å². The van der Waals surface area contributed by atoms with Crippen molar-refractivity contribution in [1.29, 1.82) is 0 Å². The molecule has 0 amide bonds. The van der Waals surface area contributed by atoms with E-state index in [0.29, 0.717) is 25.9 Å². The van der Waals surface area contributed by atoms with Gasteiger partial charge in [-0.3, -0.25) is 9.62 Å². The van der Waals surface area contributed by atoms with E-state index in [4.69, 9.17) is 0 Å². The minimum atomic E-state index is -4.34. The maximum atomic E-state index is 13.1. The number of hydrogen-bond donors (Lipinski definition) is 1.